The van der Waals surface area contributed by atoms with Gasteiger partial charge < -0.3 is 10.2 Å². The summed E-state index contributed by atoms with van der Waals surface area (Å²) in [5.74, 6) is -0.263. The molecule has 5 heteroatoms. The van der Waals surface area contributed by atoms with Gasteiger partial charge in [0, 0.05) is 5.54 Å². The Morgan fingerprint density at radius 1 is 0.933 bits per heavy atom. The molecule has 0 aromatic heterocycles. The third-order valence-electron chi connectivity index (χ3n) is 4.43. The number of carbonyl (C=O) groups is 2. The van der Waals surface area contributed by atoms with Gasteiger partial charge >= 0.3 is 5.97 Å². The predicted octanol–water partition coefficient (Wildman–Crippen LogP) is 4.52. The zero-order chi connectivity index (χ0) is 22.1. The SMILES string of the molecule is CC(C)CC(C(=O)NC(C)(C)C)N(Cc1ccccc1)OC(=O)Cc1ccccc1. The van der Waals surface area contributed by atoms with Gasteiger partial charge in [-0.15, -0.1) is 5.06 Å². The van der Waals surface area contributed by atoms with Gasteiger partial charge in [-0.2, -0.15) is 0 Å². The molecule has 0 aliphatic heterocycles. The van der Waals surface area contributed by atoms with Crippen LogP contribution in [0.15, 0.2) is 60.7 Å². The van der Waals surface area contributed by atoms with Gasteiger partial charge in [-0.05, 0) is 44.2 Å². The van der Waals surface area contributed by atoms with Crippen molar-refractivity contribution in [1.29, 1.82) is 0 Å². The van der Waals surface area contributed by atoms with Crippen molar-refractivity contribution < 1.29 is 14.4 Å². The average Bonchev–Trinajstić information content (AvgIpc) is 2.65. The number of hydrogen-bond donors (Lipinski definition) is 1. The Balaban J connectivity index is 2.25. The molecule has 5 nitrogen and oxygen atoms in total. The Morgan fingerprint density at radius 3 is 1.97 bits per heavy atom. The highest BCUT2D eigenvalue weighted by atomic mass is 16.7. The van der Waals surface area contributed by atoms with Gasteiger partial charge in [0.1, 0.15) is 6.04 Å². The van der Waals surface area contributed by atoms with Crippen molar-refractivity contribution in [2.24, 2.45) is 5.92 Å². The maximum Gasteiger partial charge on any atom is 0.329 e. The molecule has 0 bridgehead atoms. The number of nitrogens with zero attached hydrogens (tertiary/aromatic N) is 1. The zero-order valence-electron chi connectivity index (χ0n) is 18.7. The highest BCUT2D eigenvalue weighted by Gasteiger charge is 2.32. The van der Waals surface area contributed by atoms with Crippen molar-refractivity contribution >= 4 is 11.9 Å². The summed E-state index contributed by atoms with van der Waals surface area (Å²) in [5.41, 5.74) is 1.47. The fourth-order valence-electron chi connectivity index (χ4n) is 3.15. The molecule has 30 heavy (non-hydrogen) atoms. The lowest BCUT2D eigenvalue weighted by Crippen LogP contribution is -2.53. The number of hydroxylamine groups is 2. The highest BCUT2D eigenvalue weighted by molar-refractivity contribution is 5.82. The minimum Gasteiger partial charge on any atom is -0.366 e. The number of rotatable bonds is 9. The van der Waals surface area contributed by atoms with Crippen LogP contribution in [0.1, 0.15) is 52.2 Å². The molecule has 0 fully saturated rings. The van der Waals surface area contributed by atoms with Crippen LogP contribution in [0.4, 0.5) is 0 Å². The molecular formula is C25H34N2O3. The van der Waals surface area contributed by atoms with Crippen LogP contribution in [0.3, 0.4) is 0 Å². The molecule has 1 atom stereocenters. The summed E-state index contributed by atoms with van der Waals surface area (Å²) < 4.78 is 0. The van der Waals surface area contributed by atoms with E-state index in [0.29, 0.717) is 13.0 Å². The summed E-state index contributed by atoms with van der Waals surface area (Å²) in [6.07, 6.45) is 0.731. The Hall–Kier alpha value is -2.66. The van der Waals surface area contributed by atoms with Gasteiger partial charge in [0.2, 0.25) is 5.91 Å². The second-order valence-electron chi connectivity index (χ2n) is 9.07. The Labute approximate surface area is 180 Å². The third kappa shape index (κ3) is 8.37. The molecule has 0 radical (unpaired) electrons. The lowest BCUT2D eigenvalue weighted by Gasteiger charge is -2.32. The second-order valence-corrected chi connectivity index (χ2v) is 9.07. The van der Waals surface area contributed by atoms with E-state index >= 15 is 0 Å². The van der Waals surface area contributed by atoms with Crippen LogP contribution in [0.25, 0.3) is 0 Å². The standard InChI is InChI=1S/C25H34N2O3/c1-19(2)16-22(24(29)26-25(3,4)5)27(18-21-14-10-7-11-15-21)30-23(28)17-20-12-8-6-9-13-20/h6-15,19,22H,16-18H2,1-5H3,(H,26,29). The van der Waals surface area contributed by atoms with E-state index in [2.05, 4.69) is 19.2 Å². The van der Waals surface area contributed by atoms with E-state index in [4.69, 9.17) is 4.84 Å². The Morgan fingerprint density at radius 2 is 1.47 bits per heavy atom. The van der Waals surface area contributed by atoms with Crippen LogP contribution >= 0.6 is 0 Å². The summed E-state index contributed by atoms with van der Waals surface area (Å²) in [6.45, 7) is 10.3. The zero-order valence-corrected chi connectivity index (χ0v) is 18.7. The van der Waals surface area contributed by atoms with E-state index in [1.54, 1.807) is 5.06 Å². The second kappa shape index (κ2) is 10.9. The average molecular weight is 411 g/mol. The number of carbonyl (C=O) groups excluding carboxylic acids is 2. The lowest BCUT2D eigenvalue weighted by molar-refractivity contribution is -0.207. The molecule has 1 N–H and O–H groups in total. The molecule has 0 saturated carbocycles. The van der Waals surface area contributed by atoms with Gasteiger partial charge in [0.15, 0.2) is 0 Å². The first-order chi connectivity index (χ1) is 14.1. The molecule has 0 spiro atoms. The van der Waals surface area contributed by atoms with E-state index in [-0.39, 0.29) is 29.8 Å². The monoisotopic (exact) mass is 410 g/mol. The molecule has 0 saturated heterocycles. The topological polar surface area (TPSA) is 58.6 Å². The molecular weight excluding hydrogens is 376 g/mol. The maximum atomic E-state index is 13.1. The summed E-state index contributed by atoms with van der Waals surface area (Å²) in [5, 5.41) is 4.59. The first-order valence-electron chi connectivity index (χ1n) is 10.5. The van der Waals surface area contributed by atoms with Gasteiger partial charge in [-0.25, -0.2) is 4.79 Å². The van der Waals surface area contributed by atoms with Crippen molar-refractivity contribution in [3.05, 3.63) is 71.8 Å². The highest BCUT2D eigenvalue weighted by Crippen LogP contribution is 2.18. The quantitative estimate of drug-likeness (QED) is 0.618. The number of amides is 1. The predicted molar refractivity (Wildman–Crippen MR) is 119 cm³/mol. The van der Waals surface area contributed by atoms with Crippen LogP contribution in [0.2, 0.25) is 0 Å². The van der Waals surface area contributed by atoms with Crippen molar-refractivity contribution in [3.8, 4) is 0 Å². The van der Waals surface area contributed by atoms with Gasteiger partial charge in [0.05, 0.1) is 13.0 Å². The van der Waals surface area contributed by atoms with Gasteiger partial charge in [0.25, 0.3) is 0 Å². The molecule has 1 unspecified atom stereocenters. The van der Waals surface area contributed by atoms with Crippen molar-refractivity contribution in [2.75, 3.05) is 0 Å². The summed E-state index contributed by atoms with van der Waals surface area (Å²) in [4.78, 5) is 31.6. The number of hydrogen-bond acceptors (Lipinski definition) is 4. The molecule has 1 amide bonds. The van der Waals surface area contributed by atoms with E-state index in [0.717, 1.165) is 11.1 Å². The Kier molecular flexibility index (Phi) is 8.60. The van der Waals surface area contributed by atoms with E-state index in [1.807, 2.05) is 81.4 Å². The van der Waals surface area contributed by atoms with E-state index in [9.17, 15) is 9.59 Å². The summed E-state index contributed by atoms with van der Waals surface area (Å²) >= 11 is 0. The summed E-state index contributed by atoms with van der Waals surface area (Å²) in [6, 6.07) is 18.6. The van der Waals surface area contributed by atoms with Crippen LogP contribution in [0, 0.1) is 5.92 Å². The fourth-order valence-corrected chi connectivity index (χ4v) is 3.15. The van der Waals surface area contributed by atoms with Gasteiger partial charge in [-0.3, -0.25) is 4.79 Å². The summed E-state index contributed by atoms with van der Waals surface area (Å²) in [7, 11) is 0. The normalized spacial score (nSPS) is 12.6. The van der Waals surface area contributed by atoms with E-state index in [1.165, 1.54) is 0 Å². The van der Waals surface area contributed by atoms with Crippen LogP contribution in [-0.2, 0) is 27.4 Å². The van der Waals surface area contributed by atoms with Crippen molar-refractivity contribution in [2.45, 2.75) is 65.6 Å². The molecule has 162 valence electrons. The van der Waals surface area contributed by atoms with Crippen LogP contribution in [0.5, 0.6) is 0 Å². The molecule has 2 aromatic rings. The smallest absolute Gasteiger partial charge is 0.329 e. The molecule has 2 rings (SSSR count). The molecule has 0 aliphatic carbocycles. The minimum absolute atomic E-state index is 0.139. The molecule has 0 aliphatic rings. The van der Waals surface area contributed by atoms with Crippen LogP contribution in [-0.4, -0.2) is 28.5 Å². The fraction of sp³-hybridized carbons (Fsp3) is 0.440. The maximum absolute atomic E-state index is 13.1. The first-order valence-corrected chi connectivity index (χ1v) is 10.5. The lowest BCUT2D eigenvalue weighted by atomic mass is 10.0. The first kappa shape index (κ1) is 23.6. The van der Waals surface area contributed by atoms with Crippen LogP contribution < -0.4 is 5.32 Å². The molecule has 2 aromatic carbocycles. The third-order valence-corrected chi connectivity index (χ3v) is 4.43. The van der Waals surface area contributed by atoms with Crippen molar-refractivity contribution in [3.63, 3.8) is 0 Å². The molecule has 0 heterocycles. The van der Waals surface area contributed by atoms with Crippen molar-refractivity contribution in [1.82, 2.24) is 10.4 Å². The van der Waals surface area contributed by atoms with E-state index < -0.39 is 6.04 Å². The Bertz CT molecular complexity index is 798. The minimum atomic E-state index is -0.579. The van der Waals surface area contributed by atoms with Gasteiger partial charge in [-0.1, -0.05) is 74.5 Å². The largest absolute Gasteiger partial charge is 0.366 e. The number of nitrogens with one attached hydrogen (secondary N) is 1. The number of benzene rings is 2.